The number of aromatic nitrogens is 1. The Morgan fingerprint density at radius 3 is 2.43 bits per heavy atom. The zero-order chi connectivity index (χ0) is 21.4. The van der Waals surface area contributed by atoms with Gasteiger partial charge in [-0.25, -0.2) is 9.79 Å². The van der Waals surface area contributed by atoms with E-state index >= 15 is 0 Å². The van der Waals surface area contributed by atoms with Gasteiger partial charge in [-0.2, -0.15) is 0 Å². The molecule has 30 heavy (non-hydrogen) atoms. The van der Waals surface area contributed by atoms with Gasteiger partial charge in [0, 0.05) is 5.02 Å². The topological polar surface area (TPSA) is 60.7 Å². The van der Waals surface area contributed by atoms with Crippen molar-refractivity contribution >= 4 is 35.0 Å². The van der Waals surface area contributed by atoms with Crippen LogP contribution in [0.1, 0.15) is 29.7 Å². The van der Waals surface area contributed by atoms with Crippen molar-refractivity contribution in [3.63, 3.8) is 0 Å². The summed E-state index contributed by atoms with van der Waals surface area (Å²) in [6.45, 7) is 3.77. The lowest BCUT2D eigenvalue weighted by atomic mass is 9.96. The van der Waals surface area contributed by atoms with E-state index in [1.54, 1.807) is 23.6 Å². The molecule has 1 aromatic heterocycles. The van der Waals surface area contributed by atoms with Gasteiger partial charge in [0.15, 0.2) is 4.80 Å². The van der Waals surface area contributed by atoms with Crippen molar-refractivity contribution in [1.29, 1.82) is 0 Å². The zero-order valence-corrected chi connectivity index (χ0v) is 18.3. The monoisotopic (exact) mass is 438 g/mol. The van der Waals surface area contributed by atoms with Crippen molar-refractivity contribution < 1.29 is 9.53 Å². The standard InChI is InChI=1S/C23H19ClN2O3S/c1-13-4-6-15(7-5-13)12-18-21(27)26-20(16-8-10-17(24)11-9-16)19(22(28)29-3)14(2)25-23(26)30-18/h4-12,20H,1-3H3/b18-12-. The normalized spacial score (nSPS) is 16.3. The van der Waals surface area contributed by atoms with E-state index in [1.807, 2.05) is 49.4 Å². The highest BCUT2D eigenvalue weighted by atomic mass is 35.5. The Balaban J connectivity index is 1.96. The van der Waals surface area contributed by atoms with Crippen LogP contribution >= 0.6 is 22.9 Å². The van der Waals surface area contributed by atoms with E-state index in [0.717, 1.165) is 16.7 Å². The van der Waals surface area contributed by atoms with Crippen LogP contribution in [0.15, 0.2) is 69.6 Å². The summed E-state index contributed by atoms with van der Waals surface area (Å²) in [6.07, 6.45) is 1.85. The third-order valence-corrected chi connectivity index (χ3v) is 6.22. The second-order valence-corrected chi connectivity index (χ2v) is 8.48. The van der Waals surface area contributed by atoms with Gasteiger partial charge in [0.05, 0.1) is 29.0 Å². The second-order valence-electron chi connectivity index (χ2n) is 7.04. The van der Waals surface area contributed by atoms with Gasteiger partial charge in [0.2, 0.25) is 0 Å². The van der Waals surface area contributed by atoms with Crippen molar-refractivity contribution in [2.75, 3.05) is 7.11 Å². The highest BCUT2D eigenvalue weighted by molar-refractivity contribution is 7.07. The summed E-state index contributed by atoms with van der Waals surface area (Å²) >= 11 is 7.35. The van der Waals surface area contributed by atoms with Gasteiger partial charge in [-0.3, -0.25) is 9.36 Å². The smallest absolute Gasteiger partial charge is 0.338 e. The molecule has 1 aliphatic heterocycles. The lowest BCUT2D eigenvalue weighted by Gasteiger charge is -2.24. The molecule has 0 spiro atoms. The van der Waals surface area contributed by atoms with Crippen LogP contribution in [-0.4, -0.2) is 17.6 Å². The van der Waals surface area contributed by atoms with E-state index in [-0.39, 0.29) is 5.56 Å². The van der Waals surface area contributed by atoms with Crippen LogP contribution in [0.4, 0.5) is 0 Å². The van der Waals surface area contributed by atoms with Crippen molar-refractivity contribution in [2.45, 2.75) is 19.9 Å². The molecule has 4 rings (SSSR count). The van der Waals surface area contributed by atoms with Gasteiger partial charge in [-0.1, -0.05) is 64.9 Å². The number of halogens is 1. The maximum atomic E-state index is 13.4. The molecule has 7 heteroatoms. The molecule has 5 nitrogen and oxygen atoms in total. The summed E-state index contributed by atoms with van der Waals surface area (Å²) in [7, 11) is 1.32. The fourth-order valence-corrected chi connectivity index (χ4v) is 4.64. The number of methoxy groups -OCH3 is 1. The fourth-order valence-electron chi connectivity index (χ4n) is 3.47. The van der Waals surface area contributed by atoms with Crippen LogP contribution in [-0.2, 0) is 9.53 Å². The number of hydrogen-bond acceptors (Lipinski definition) is 5. The Bertz CT molecular complexity index is 1330. The summed E-state index contributed by atoms with van der Waals surface area (Å²) in [5.74, 6) is -0.510. The van der Waals surface area contributed by atoms with Crippen molar-refractivity contribution in [1.82, 2.24) is 4.57 Å². The molecule has 0 saturated carbocycles. The van der Waals surface area contributed by atoms with Crippen molar-refractivity contribution in [2.24, 2.45) is 4.99 Å². The first kappa shape index (κ1) is 20.3. The summed E-state index contributed by atoms with van der Waals surface area (Å²) in [6, 6.07) is 14.4. The van der Waals surface area contributed by atoms with Crippen LogP contribution in [0.2, 0.25) is 5.02 Å². The molecule has 0 saturated heterocycles. The SMILES string of the molecule is COC(=O)C1=C(C)N=c2s/c(=C\c3ccc(C)cc3)c(=O)n2C1c1ccc(Cl)cc1. The minimum atomic E-state index is -0.633. The first-order valence-electron chi connectivity index (χ1n) is 9.32. The quantitative estimate of drug-likeness (QED) is 0.589. The number of ether oxygens (including phenoxy) is 1. The maximum Gasteiger partial charge on any atom is 0.338 e. The van der Waals surface area contributed by atoms with E-state index in [0.29, 0.717) is 25.6 Å². The number of aryl methyl sites for hydroxylation is 1. The van der Waals surface area contributed by atoms with Crippen LogP contribution < -0.4 is 14.9 Å². The van der Waals surface area contributed by atoms with Gasteiger partial charge in [-0.05, 0) is 43.2 Å². The molecule has 2 heterocycles. The number of nitrogens with zero attached hydrogens (tertiary/aromatic N) is 2. The lowest BCUT2D eigenvalue weighted by molar-refractivity contribution is -0.136. The molecule has 0 amide bonds. The van der Waals surface area contributed by atoms with E-state index < -0.39 is 12.0 Å². The van der Waals surface area contributed by atoms with Crippen LogP contribution in [0.3, 0.4) is 0 Å². The Labute approximate surface area is 182 Å². The number of rotatable bonds is 3. The number of fused-ring (bicyclic) bond motifs is 1. The molecule has 2 aromatic carbocycles. The predicted octanol–water partition coefficient (Wildman–Crippen LogP) is 3.37. The van der Waals surface area contributed by atoms with Crippen molar-refractivity contribution in [3.05, 3.63) is 101 Å². The number of carbonyl (C=O) groups is 1. The van der Waals surface area contributed by atoms with Crippen LogP contribution in [0.5, 0.6) is 0 Å². The molecule has 3 aromatic rings. The van der Waals surface area contributed by atoms with Gasteiger partial charge in [0.1, 0.15) is 0 Å². The highest BCUT2D eigenvalue weighted by Crippen LogP contribution is 2.31. The number of hydrogen-bond donors (Lipinski definition) is 0. The molecule has 1 unspecified atom stereocenters. The van der Waals surface area contributed by atoms with Crippen LogP contribution in [0.25, 0.3) is 6.08 Å². The van der Waals surface area contributed by atoms with Gasteiger partial charge >= 0.3 is 5.97 Å². The summed E-state index contributed by atoms with van der Waals surface area (Å²) in [5, 5.41) is 0.575. The van der Waals surface area contributed by atoms with E-state index in [2.05, 4.69) is 4.99 Å². The third kappa shape index (κ3) is 3.64. The summed E-state index contributed by atoms with van der Waals surface area (Å²) in [5.41, 5.74) is 3.51. The second kappa shape index (κ2) is 8.05. The largest absolute Gasteiger partial charge is 0.466 e. The van der Waals surface area contributed by atoms with Crippen molar-refractivity contribution in [3.8, 4) is 0 Å². The molecule has 0 aliphatic carbocycles. The highest BCUT2D eigenvalue weighted by Gasteiger charge is 2.32. The van der Waals surface area contributed by atoms with E-state index in [1.165, 1.54) is 18.4 Å². The molecule has 0 bridgehead atoms. The number of carbonyl (C=O) groups excluding carboxylic acids is 1. The molecule has 152 valence electrons. The molecule has 1 aliphatic rings. The first-order chi connectivity index (χ1) is 14.4. The van der Waals surface area contributed by atoms with E-state index in [9.17, 15) is 9.59 Å². The number of allylic oxidation sites excluding steroid dienone is 1. The minimum Gasteiger partial charge on any atom is -0.466 e. The molecule has 1 atom stereocenters. The summed E-state index contributed by atoms with van der Waals surface area (Å²) in [4.78, 5) is 31.1. The summed E-state index contributed by atoms with van der Waals surface area (Å²) < 4.78 is 7.12. The Morgan fingerprint density at radius 2 is 1.80 bits per heavy atom. The Morgan fingerprint density at radius 1 is 1.13 bits per heavy atom. The average molecular weight is 439 g/mol. The van der Waals surface area contributed by atoms with Gasteiger partial charge < -0.3 is 4.74 Å². The molecule has 0 fully saturated rings. The lowest BCUT2D eigenvalue weighted by Crippen LogP contribution is -2.39. The number of thiazole rings is 1. The zero-order valence-electron chi connectivity index (χ0n) is 16.7. The predicted molar refractivity (Wildman–Crippen MR) is 118 cm³/mol. The Kier molecular flexibility index (Phi) is 5.45. The van der Waals surface area contributed by atoms with Gasteiger partial charge in [-0.15, -0.1) is 0 Å². The number of benzene rings is 2. The maximum absolute atomic E-state index is 13.4. The molecular weight excluding hydrogens is 420 g/mol. The Hall–Kier alpha value is -2.96. The molecular formula is C23H19ClN2O3S. The number of esters is 1. The van der Waals surface area contributed by atoms with E-state index in [4.69, 9.17) is 16.3 Å². The average Bonchev–Trinajstić information content (AvgIpc) is 3.03. The molecule has 0 radical (unpaired) electrons. The van der Waals surface area contributed by atoms with Gasteiger partial charge in [0.25, 0.3) is 5.56 Å². The molecule has 0 N–H and O–H groups in total. The fraction of sp³-hybridized carbons (Fsp3) is 0.174. The van der Waals surface area contributed by atoms with Crippen LogP contribution in [0, 0.1) is 6.92 Å². The third-order valence-electron chi connectivity index (χ3n) is 4.99. The minimum absolute atomic E-state index is 0.201. The first-order valence-corrected chi connectivity index (χ1v) is 10.5.